The fourth-order valence-corrected chi connectivity index (χ4v) is 2.24. The highest BCUT2D eigenvalue weighted by Crippen LogP contribution is 2.17. The molecule has 0 bridgehead atoms. The average molecular weight is 245 g/mol. The van der Waals surface area contributed by atoms with E-state index in [1.54, 1.807) is 10.8 Å². The molecule has 1 aromatic rings. The molecule has 1 heterocycles. The summed E-state index contributed by atoms with van der Waals surface area (Å²) in [6, 6.07) is -0.0725. The standard InChI is InChI=1S/C9H15N3O3S/c1-6(4-16(3)14)12-5-11-7(8(12)10)9(13)15-2/h5-6H,4,10H2,1-3H3. The Morgan fingerprint density at radius 2 is 2.38 bits per heavy atom. The second-order valence-electron chi connectivity index (χ2n) is 3.47. The summed E-state index contributed by atoms with van der Waals surface area (Å²) in [6.07, 6.45) is 3.07. The van der Waals surface area contributed by atoms with Crippen molar-refractivity contribution in [2.75, 3.05) is 24.9 Å². The Morgan fingerprint density at radius 3 is 2.88 bits per heavy atom. The van der Waals surface area contributed by atoms with Crippen LogP contribution in [0.25, 0.3) is 0 Å². The fraction of sp³-hybridized carbons (Fsp3) is 0.556. The quantitative estimate of drug-likeness (QED) is 0.765. The van der Waals surface area contributed by atoms with Crippen LogP contribution in [0.5, 0.6) is 0 Å². The first-order chi connectivity index (χ1) is 7.47. The molecule has 1 rings (SSSR count). The number of nitrogen functional groups attached to an aromatic ring is 1. The van der Waals surface area contributed by atoms with Crippen molar-refractivity contribution < 1.29 is 13.7 Å². The highest BCUT2D eigenvalue weighted by molar-refractivity contribution is 7.84. The van der Waals surface area contributed by atoms with Crippen LogP contribution >= 0.6 is 0 Å². The zero-order chi connectivity index (χ0) is 12.3. The van der Waals surface area contributed by atoms with Gasteiger partial charge in [0, 0.05) is 28.9 Å². The predicted molar refractivity (Wildman–Crippen MR) is 61.6 cm³/mol. The van der Waals surface area contributed by atoms with Gasteiger partial charge in [-0.15, -0.1) is 0 Å². The third-order valence-corrected chi connectivity index (χ3v) is 3.11. The molecule has 2 atom stereocenters. The molecule has 0 fully saturated rings. The van der Waals surface area contributed by atoms with Gasteiger partial charge in [-0.1, -0.05) is 0 Å². The molecule has 90 valence electrons. The van der Waals surface area contributed by atoms with Gasteiger partial charge >= 0.3 is 5.97 Å². The Labute approximate surface area is 96.2 Å². The Morgan fingerprint density at radius 1 is 1.75 bits per heavy atom. The number of esters is 1. The van der Waals surface area contributed by atoms with Crippen LogP contribution in [0.4, 0.5) is 5.82 Å². The molecule has 2 N–H and O–H groups in total. The Kier molecular flexibility index (Phi) is 4.05. The van der Waals surface area contributed by atoms with E-state index in [0.29, 0.717) is 5.75 Å². The molecule has 0 saturated heterocycles. The molecular formula is C9H15N3O3S. The minimum absolute atomic E-state index is 0.0725. The summed E-state index contributed by atoms with van der Waals surface area (Å²) in [5.41, 5.74) is 5.85. The van der Waals surface area contributed by atoms with Gasteiger partial charge in [0.05, 0.1) is 13.4 Å². The molecule has 0 spiro atoms. The van der Waals surface area contributed by atoms with Crippen molar-refractivity contribution in [1.29, 1.82) is 0 Å². The smallest absolute Gasteiger partial charge is 0.360 e. The Bertz CT molecular complexity index is 416. The molecule has 7 heteroatoms. The monoisotopic (exact) mass is 245 g/mol. The van der Waals surface area contributed by atoms with E-state index in [0.717, 1.165) is 0 Å². The summed E-state index contributed by atoms with van der Waals surface area (Å²) < 4.78 is 17.2. The number of methoxy groups -OCH3 is 1. The summed E-state index contributed by atoms with van der Waals surface area (Å²) in [5, 5.41) is 0. The van der Waals surface area contributed by atoms with Gasteiger partial charge in [-0.2, -0.15) is 0 Å². The fourth-order valence-electron chi connectivity index (χ4n) is 1.40. The van der Waals surface area contributed by atoms with Gasteiger partial charge in [-0.25, -0.2) is 9.78 Å². The first kappa shape index (κ1) is 12.7. The summed E-state index contributed by atoms with van der Waals surface area (Å²) in [7, 11) is 0.341. The first-order valence-corrected chi connectivity index (χ1v) is 6.40. The number of rotatable bonds is 4. The molecule has 0 aliphatic heterocycles. The molecule has 1 aromatic heterocycles. The molecule has 16 heavy (non-hydrogen) atoms. The second-order valence-corrected chi connectivity index (χ2v) is 4.95. The van der Waals surface area contributed by atoms with Crippen molar-refractivity contribution >= 4 is 22.6 Å². The van der Waals surface area contributed by atoms with Gasteiger partial charge in [0.25, 0.3) is 0 Å². The molecule has 2 unspecified atom stereocenters. The lowest BCUT2D eigenvalue weighted by molar-refractivity contribution is 0.0596. The number of nitrogens with two attached hydrogens (primary N) is 1. The Balaban J connectivity index is 2.95. The highest BCUT2D eigenvalue weighted by Gasteiger charge is 2.19. The van der Waals surface area contributed by atoms with Gasteiger partial charge in [-0.05, 0) is 6.92 Å². The summed E-state index contributed by atoms with van der Waals surface area (Å²) >= 11 is 0. The first-order valence-electron chi connectivity index (χ1n) is 4.68. The van der Waals surface area contributed by atoms with Crippen LogP contribution in [0.1, 0.15) is 23.5 Å². The molecule has 6 nitrogen and oxygen atoms in total. The SMILES string of the molecule is COC(=O)c1ncn(C(C)CS(C)=O)c1N. The molecule has 0 aromatic carbocycles. The third kappa shape index (κ3) is 2.60. The number of ether oxygens (including phenoxy) is 1. The van der Waals surface area contributed by atoms with Gasteiger partial charge in [0.15, 0.2) is 5.69 Å². The van der Waals surface area contributed by atoms with Gasteiger partial charge in [-0.3, -0.25) is 4.21 Å². The van der Waals surface area contributed by atoms with E-state index < -0.39 is 16.8 Å². The molecule has 0 aliphatic rings. The predicted octanol–water partition coefficient (Wildman–Crippen LogP) is 0.191. The molecule has 0 radical (unpaired) electrons. The lowest BCUT2D eigenvalue weighted by Crippen LogP contribution is -2.15. The van der Waals surface area contributed by atoms with Crippen molar-refractivity contribution in [3.05, 3.63) is 12.0 Å². The van der Waals surface area contributed by atoms with Crippen molar-refractivity contribution in [3.8, 4) is 0 Å². The van der Waals surface area contributed by atoms with Crippen LogP contribution in [0.15, 0.2) is 6.33 Å². The number of hydrogen-bond acceptors (Lipinski definition) is 5. The van der Waals surface area contributed by atoms with E-state index in [9.17, 15) is 9.00 Å². The minimum Gasteiger partial charge on any atom is -0.464 e. The molecule has 0 aliphatic carbocycles. The number of aromatic nitrogens is 2. The van der Waals surface area contributed by atoms with Crippen LogP contribution in [0.2, 0.25) is 0 Å². The molecular weight excluding hydrogens is 230 g/mol. The van der Waals surface area contributed by atoms with Crippen molar-refractivity contribution in [2.24, 2.45) is 0 Å². The van der Waals surface area contributed by atoms with Crippen molar-refractivity contribution in [3.63, 3.8) is 0 Å². The summed E-state index contributed by atoms with van der Waals surface area (Å²) in [6.45, 7) is 1.86. The molecule has 0 amide bonds. The largest absolute Gasteiger partial charge is 0.464 e. The van der Waals surface area contributed by atoms with E-state index in [1.807, 2.05) is 6.92 Å². The number of carbonyl (C=O) groups excluding carboxylic acids is 1. The van der Waals surface area contributed by atoms with E-state index in [2.05, 4.69) is 9.72 Å². The normalized spacial score (nSPS) is 14.4. The van der Waals surface area contributed by atoms with Crippen LogP contribution in [-0.4, -0.2) is 38.8 Å². The summed E-state index contributed by atoms with van der Waals surface area (Å²) in [5.74, 6) is 0.132. The maximum absolute atomic E-state index is 11.3. The van der Waals surface area contributed by atoms with E-state index in [4.69, 9.17) is 5.73 Å². The Hall–Kier alpha value is -1.37. The van der Waals surface area contributed by atoms with E-state index in [1.165, 1.54) is 13.4 Å². The zero-order valence-electron chi connectivity index (χ0n) is 9.47. The van der Waals surface area contributed by atoms with Crippen LogP contribution < -0.4 is 5.73 Å². The average Bonchev–Trinajstić information content (AvgIpc) is 2.58. The van der Waals surface area contributed by atoms with Crippen molar-refractivity contribution in [2.45, 2.75) is 13.0 Å². The zero-order valence-corrected chi connectivity index (χ0v) is 10.3. The lowest BCUT2D eigenvalue weighted by Gasteiger charge is -2.13. The maximum atomic E-state index is 11.3. The topological polar surface area (TPSA) is 87.2 Å². The van der Waals surface area contributed by atoms with Crippen molar-refractivity contribution in [1.82, 2.24) is 9.55 Å². The number of anilines is 1. The number of imidazole rings is 1. The van der Waals surface area contributed by atoms with Crippen LogP contribution in [0.3, 0.4) is 0 Å². The van der Waals surface area contributed by atoms with Gasteiger partial charge in [0.1, 0.15) is 5.82 Å². The lowest BCUT2D eigenvalue weighted by atomic mass is 10.3. The van der Waals surface area contributed by atoms with E-state index in [-0.39, 0.29) is 17.6 Å². The minimum atomic E-state index is -0.928. The van der Waals surface area contributed by atoms with E-state index >= 15 is 0 Å². The maximum Gasteiger partial charge on any atom is 0.360 e. The number of carbonyl (C=O) groups is 1. The number of hydrogen-bond donors (Lipinski definition) is 1. The third-order valence-electron chi connectivity index (χ3n) is 2.16. The van der Waals surface area contributed by atoms with Gasteiger partial charge < -0.3 is 15.0 Å². The summed E-state index contributed by atoms with van der Waals surface area (Å²) in [4.78, 5) is 15.1. The van der Waals surface area contributed by atoms with Gasteiger partial charge in [0.2, 0.25) is 0 Å². The van der Waals surface area contributed by atoms with Crippen LogP contribution in [-0.2, 0) is 15.5 Å². The van der Waals surface area contributed by atoms with Crippen LogP contribution in [0, 0.1) is 0 Å². The molecule has 0 saturated carbocycles. The second kappa shape index (κ2) is 5.11. The highest BCUT2D eigenvalue weighted by atomic mass is 32.2. The number of nitrogens with zero attached hydrogens (tertiary/aromatic N) is 2.